The number of hydrogen-bond donors (Lipinski definition) is 2. The summed E-state index contributed by atoms with van der Waals surface area (Å²) in [4.78, 5) is 12.3. The lowest BCUT2D eigenvalue weighted by Crippen LogP contribution is -2.22. The molecular formula is C17H22N2O3. The first kappa shape index (κ1) is 14.9. The maximum atomic E-state index is 12.3. The second-order valence-corrected chi connectivity index (χ2v) is 6.50. The minimum Gasteiger partial charge on any atom is -0.504 e. The molecule has 1 amide bonds. The van der Waals surface area contributed by atoms with Gasteiger partial charge in [-0.05, 0) is 47.9 Å². The summed E-state index contributed by atoms with van der Waals surface area (Å²) in [6, 6.07) is 4.92. The lowest BCUT2D eigenvalue weighted by molar-refractivity contribution is -0.123. The normalized spacial score (nSPS) is 29.9. The van der Waals surface area contributed by atoms with Crippen LogP contribution in [0.2, 0.25) is 0 Å². The molecule has 5 nitrogen and oxygen atoms in total. The molecule has 2 saturated carbocycles. The molecule has 0 aromatic heterocycles. The van der Waals surface area contributed by atoms with Crippen LogP contribution in [0.1, 0.15) is 38.2 Å². The largest absolute Gasteiger partial charge is 0.504 e. The van der Waals surface area contributed by atoms with Gasteiger partial charge in [-0.1, -0.05) is 19.8 Å². The third-order valence-corrected chi connectivity index (χ3v) is 5.21. The van der Waals surface area contributed by atoms with Crippen LogP contribution >= 0.6 is 0 Å². The maximum Gasteiger partial charge on any atom is 0.244 e. The molecule has 0 saturated heterocycles. The van der Waals surface area contributed by atoms with Crippen molar-refractivity contribution in [2.75, 3.05) is 7.11 Å². The van der Waals surface area contributed by atoms with E-state index in [-0.39, 0.29) is 23.0 Å². The summed E-state index contributed by atoms with van der Waals surface area (Å²) in [5, 5.41) is 13.6. The van der Waals surface area contributed by atoms with Gasteiger partial charge in [-0.2, -0.15) is 5.10 Å². The molecule has 2 N–H and O–H groups in total. The summed E-state index contributed by atoms with van der Waals surface area (Å²) in [6.07, 6.45) is 6.34. The first-order valence-corrected chi connectivity index (χ1v) is 7.76. The van der Waals surface area contributed by atoms with Crippen LogP contribution in [0.4, 0.5) is 0 Å². The molecule has 0 radical (unpaired) electrons. The summed E-state index contributed by atoms with van der Waals surface area (Å²) in [5.74, 6) is 1.14. The molecule has 0 spiro atoms. The van der Waals surface area contributed by atoms with E-state index in [4.69, 9.17) is 4.74 Å². The van der Waals surface area contributed by atoms with Crippen molar-refractivity contribution in [2.45, 2.75) is 32.6 Å². The van der Waals surface area contributed by atoms with E-state index < -0.39 is 0 Å². The number of phenolic OH excluding ortho intramolecular Hbond substituents is 1. The number of carbonyl (C=O) groups is 1. The molecule has 0 heterocycles. The van der Waals surface area contributed by atoms with Gasteiger partial charge in [0.1, 0.15) is 0 Å². The van der Waals surface area contributed by atoms with E-state index in [0.717, 1.165) is 18.4 Å². The smallest absolute Gasteiger partial charge is 0.244 e. The molecule has 1 aromatic carbocycles. The topological polar surface area (TPSA) is 70.9 Å². The number of phenols is 1. The molecule has 5 heteroatoms. The number of benzene rings is 1. The number of carbonyl (C=O) groups excluding carboxylic acids is 1. The SMILES string of the molecule is COc1cc(/C=N/NC(=O)[C@@H]2[C@H]3CCCC[C@]32C)ccc1O. The molecule has 3 atom stereocenters. The molecule has 0 aliphatic heterocycles. The Hall–Kier alpha value is -2.04. The zero-order valence-electron chi connectivity index (χ0n) is 13.0. The minimum atomic E-state index is 0.0244. The van der Waals surface area contributed by atoms with Crippen LogP contribution in [-0.4, -0.2) is 24.3 Å². The van der Waals surface area contributed by atoms with Crippen LogP contribution < -0.4 is 10.2 Å². The Morgan fingerprint density at radius 1 is 1.50 bits per heavy atom. The fourth-order valence-corrected chi connectivity index (χ4v) is 3.86. The predicted octanol–water partition coefficient (Wildman–Crippen LogP) is 2.68. The fourth-order valence-electron chi connectivity index (χ4n) is 3.86. The van der Waals surface area contributed by atoms with E-state index in [2.05, 4.69) is 17.5 Å². The second-order valence-electron chi connectivity index (χ2n) is 6.50. The number of fused-ring (bicyclic) bond motifs is 1. The van der Waals surface area contributed by atoms with E-state index in [1.807, 2.05) is 0 Å². The lowest BCUT2D eigenvalue weighted by Gasteiger charge is -2.15. The molecule has 118 valence electrons. The molecule has 2 aliphatic carbocycles. The zero-order valence-corrected chi connectivity index (χ0v) is 13.0. The number of nitrogens with one attached hydrogen (secondary N) is 1. The Morgan fingerprint density at radius 2 is 2.32 bits per heavy atom. The van der Waals surface area contributed by atoms with Crippen LogP contribution in [0.25, 0.3) is 0 Å². The maximum absolute atomic E-state index is 12.3. The highest BCUT2D eigenvalue weighted by Crippen LogP contribution is 2.66. The molecule has 2 aliphatic rings. The van der Waals surface area contributed by atoms with Crippen molar-refractivity contribution in [2.24, 2.45) is 22.4 Å². The Kier molecular flexibility index (Phi) is 3.81. The van der Waals surface area contributed by atoms with Gasteiger partial charge in [0.05, 0.1) is 13.3 Å². The lowest BCUT2D eigenvalue weighted by atomic mass is 9.90. The number of nitrogens with zero attached hydrogens (tertiary/aromatic N) is 1. The number of amides is 1. The number of hydrazone groups is 1. The molecule has 0 bridgehead atoms. The van der Waals surface area contributed by atoms with E-state index >= 15 is 0 Å². The summed E-state index contributed by atoms with van der Waals surface area (Å²) in [6.45, 7) is 2.22. The van der Waals surface area contributed by atoms with E-state index in [1.54, 1.807) is 24.4 Å². The van der Waals surface area contributed by atoms with Crippen LogP contribution in [-0.2, 0) is 4.79 Å². The standard InChI is InChI=1S/C17H22N2O3/c1-17-8-4-3-5-12(17)15(17)16(21)19-18-10-11-6-7-13(20)14(9-11)22-2/h6-7,9-10,12,15,20H,3-5,8H2,1-2H3,(H,19,21)/b18-10+/t12-,15+,17-/m1/s1. The molecule has 22 heavy (non-hydrogen) atoms. The van der Waals surface area contributed by atoms with Crippen molar-refractivity contribution in [3.05, 3.63) is 23.8 Å². The molecular weight excluding hydrogens is 280 g/mol. The van der Waals surface area contributed by atoms with Gasteiger partial charge in [0.15, 0.2) is 11.5 Å². The molecule has 2 fully saturated rings. The van der Waals surface area contributed by atoms with E-state index in [9.17, 15) is 9.90 Å². The Morgan fingerprint density at radius 3 is 3.00 bits per heavy atom. The van der Waals surface area contributed by atoms with Crippen molar-refractivity contribution in [3.8, 4) is 11.5 Å². The molecule has 3 rings (SSSR count). The quantitative estimate of drug-likeness (QED) is 0.663. The second kappa shape index (κ2) is 5.63. The highest BCUT2D eigenvalue weighted by molar-refractivity contribution is 5.86. The summed E-state index contributed by atoms with van der Waals surface area (Å²) in [5.41, 5.74) is 3.61. The van der Waals surface area contributed by atoms with Crippen LogP contribution in [0.5, 0.6) is 11.5 Å². The van der Waals surface area contributed by atoms with Crippen molar-refractivity contribution in [1.82, 2.24) is 5.43 Å². The number of rotatable bonds is 4. The van der Waals surface area contributed by atoms with E-state index in [1.165, 1.54) is 20.0 Å². The van der Waals surface area contributed by atoms with Crippen LogP contribution in [0, 0.1) is 17.3 Å². The summed E-state index contributed by atoms with van der Waals surface area (Å²) in [7, 11) is 1.49. The summed E-state index contributed by atoms with van der Waals surface area (Å²) >= 11 is 0. The molecule has 1 aromatic rings. The zero-order chi connectivity index (χ0) is 15.7. The third-order valence-electron chi connectivity index (χ3n) is 5.21. The van der Waals surface area contributed by atoms with Crippen molar-refractivity contribution in [1.29, 1.82) is 0 Å². The van der Waals surface area contributed by atoms with Gasteiger partial charge in [-0.25, -0.2) is 5.43 Å². The van der Waals surface area contributed by atoms with E-state index in [0.29, 0.717) is 11.7 Å². The van der Waals surface area contributed by atoms with Crippen LogP contribution in [0.15, 0.2) is 23.3 Å². The first-order chi connectivity index (χ1) is 10.6. The minimum absolute atomic E-state index is 0.0244. The number of hydrogen-bond acceptors (Lipinski definition) is 4. The number of methoxy groups -OCH3 is 1. The average Bonchev–Trinajstić information content (AvgIpc) is 3.14. The van der Waals surface area contributed by atoms with Gasteiger partial charge in [-0.15, -0.1) is 0 Å². The van der Waals surface area contributed by atoms with Gasteiger partial charge in [0.25, 0.3) is 0 Å². The third kappa shape index (κ3) is 2.56. The van der Waals surface area contributed by atoms with Crippen molar-refractivity contribution < 1.29 is 14.6 Å². The van der Waals surface area contributed by atoms with Crippen molar-refractivity contribution in [3.63, 3.8) is 0 Å². The van der Waals surface area contributed by atoms with Gasteiger partial charge in [0.2, 0.25) is 5.91 Å². The average molecular weight is 302 g/mol. The number of aromatic hydroxyl groups is 1. The molecule has 0 unspecified atom stereocenters. The van der Waals surface area contributed by atoms with Crippen molar-refractivity contribution >= 4 is 12.1 Å². The Balaban J connectivity index is 1.59. The Labute approximate surface area is 130 Å². The number of ether oxygens (including phenoxy) is 1. The van der Waals surface area contributed by atoms with Gasteiger partial charge < -0.3 is 9.84 Å². The van der Waals surface area contributed by atoms with Gasteiger partial charge >= 0.3 is 0 Å². The summed E-state index contributed by atoms with van der Waals surface area (Å²) < 4.78 is 5.04. The highest BCUT2D eigenvalue weighted by atomic mass is 16.5. The predicted molar refractivity (Wildman–Crippen MR) is 84.0 cm³/mol. The fraction of sp³-hybridized carbons (Fsp3) is 0.529. The van der Waals surface area contributed by atoms with Gasteiger partial charge in [-0.3, -0.25) is 4.79 Å². The van der Waals surface area contributed by atoms with Crippen LogP contribution in [0.3, 0.4) is 0 Å². The van der Waals surface area contributed by atoms with Gasteiger partial charge in [0, 0.05) is 5.92 Å². The Bertz CT molecular complexity index is 614. The highest BCUT2D eigenvalue weighted by Gasteiger charge is 2.64. The monoisotopic (exact) mass is 302 g/mol. The first-order valence-electron chi connectivity index (χ1n) is 7.76.